The Morgan fingerprint density at radius 2 is 1.85 bits per heavy atom. The minimum atomic E-state index is -0.784. The molecule has 0 radical (unpaired) electrons. The first kappa shape index (κ1) is 15.3. The molecule has 0 aromatic heterocycles. The van der Waals surface area contributed by atoms with Crippen molar-refractivity contribution >= 4 is 11.6 Å². The van der Waals surface area contributed by atoms with Gasteiger partial charge in [-0.25, -0.2) is 0 Å². The quantitative estimate of drug-likeness (QED) is 0.684. The molecule has 0 aromatic rings. The molecule has 2 atom stereocenters. The second-order valence-electron chi connectivity index (χ2n) is 8.38. The lowest BCUT2D eigenvalue weighted by atomic mass is 9.64. The van der Waals surface area contributed by atoms with E-state index in [0.717, 1.165) is 18.7 Å². The van der Waals surface area contributed by atoms with Crippen LogP contribution in [0.25, 0.3) is 0 Å². The van der Waals surface area contributed by atoms with Crippen LogP contribution in [0.15, 0.2) is 5.16 Å². The third kappa shape index (κ3) is 2.33. The van der Waals surface area contributed by atoms with E-state index in [1.165, 1.54) is 0 Å². The van der Waals surface area contributed by atoms with Crippen LogP contribution in [0.2, 0.25) is 0 Å². The zero-order valence-corrected chi connectivity index (χ0v) is 13.9. The number of hydrogen-bond donors (Lipinski definition) is 0. The maximum Gasteiger partial charge on any atom is 0.270 e. The average molecular weight is 280 g/mol. The summed E-state index contributed by atoms with van der Waals surface area (Å²) in [6.07, 6.45) is 1.60. The van der Waals surface area contributed by atoms with Crippen LogP contribution >= 0.6 is 0 Å². The summed E-state index contributed by atoms with van der Waals surface area (Å²) >= 11 is 0. The molecule has 20 heavy (non-hydrogen) atoms. The number of oxime groups is 1. The third-order valence-corrected chi connectivity index (χ3v) is 4.68. The Morgan fingerprint density at radius 1 is 1.25 bits per heavy atom. The molecule has 0 aromatic carbocycles. The lowest BCUT2D eigenvalue weighted by molar-refractivity contribution is -0.177. The van der Waals surface area contributed by atoms with Gasteiger partial charge in [0.2, 0.25) is 5.60 Å². The first-order valence-corrected chi connectivity index (χ1v) is 7.49. The number of carbonyl (C=O) groups excluding carboxylic acids is 1. The summed E-state index contributed by atoms with van der Waals surface area (Å²) in [5, 5.41) is 4.30. The van der Waals surface area contributed by atoms with E-state index >= 15 is 0 Å². The van der Waals surface area contributed by atoms with Crippen LogP contribution in [0.5, 0.6) is 0 Å². The van der Waals surface area contributed by atoms with E-state index in [4.69, 9.17) is 4.84 Å². The van der Waals surface area contributed by atoms with Gasteiger partial charge in [0, 0.05) is 31.3 Å². The van der Waals surface area contributed by atoms with Crippen LogP contribution in [0.1, 0.15) is 54.4 Å². The number of amides is 1. The fourth-order valence-electron chi connectivity index (χ4n) is 3.42. The molecule has 4 nitrogen and oxygen atoms in total. The molecule has 1 spiro atoms. The van der Waals surface area contributed by atoms with Gasteiger partial charge in [-0.05, 0) is 11.8 Å². The van der Waals surface area contributed by atoms with E-state index in [1.54, 1.807) is 4.90 Å². The van der Waals surface area contributed by atoms with Crippen molar-refractivity contribution in [2.45, 2.75) is 60.0 Å². The van der Waals surface area contributed by atoms with Crippen LogP contribution in [0, 0.1) is 16.7 Å². The molecule has 2 unspecified atom stereocenters. The molecule has 0 saturated carbocycles. The van der Waals surface area contributed by atoms with Crippen molar-refractivity contribution in [2.24, 2.45) is 21.9 Å². The fourth-order valence-corrected chi connectivity index (χ4v) is 3.42. The van der Waals surface area contributed by atoms with Gasteiger partial charge in [0.1, 0.15) is 0 Å². The third-order valence-electron chi connectivity index (χ3n) is 4.68. The SMILES string of the molecule is CN1CCC(C(C)(C)C)C2(CC(C(C)(C)C)=NO2)C1=O. The molecule has 0 aliphatic carbocycles. The van der Waals surface area contributed by atoms with Gasteiger partial charge in [-0.1, -0.05) is 46.7 Å². The minimum absolute atomic E-state index is 0.0276. The highest BCUT2D eigenvalue weighted by atomic mass is 16.7. The Balaban J connectivity index is 2.37. The van der Waals surface area contributed by atoms with Crippen LogP contribution in [-0.2, 0) is 9.63 Å². The van der Waals surface area contributed by atoms with E-state index in [9.17, 15) is 4.79 Å². The molecule has 0 N–H and O–H groups in total. The van der Waals surface area contributed by atoms with Crippen molar-refractivity contribution in [2.75, 3.05) is 13.6 Å². The van der Waals surface area contributed by atoms with Gasteiger partial charge in [-0.3, -0.25) is 4.79 Å². The number of carbonyl (C=O) groups is 1. The highest BCUT2D eigenvalue weighted by Crippen LogP contribution is 2.48. The molecule has 2 aliphatic rings. The first-order chi connectivity index (χ1) is 8.98. The zero-order valence-electron chi connectivity index (χ0n) is 13.9. The molecule has 2 rings (SSSR count). The molecule has 1 amide bonds. The van der Waals surface area contributed by atoms with Gasteiger partial charge < -0.3 is 9.74 Å². The molecule has 114 valence electrons. The predicted molar refractivity (Wildman–Crippen MR) is 80.5 cm³/mol. The van der Waals surface area contributed by atoms with E-state index in [0.29, 0.717) is 6.42 Å². The summed E-state index contributed by atoms with van der Waals surface area (Å²) in [6, 6.07) is 0. The lowest BCUT2D eigenvalue weighted by Crippen LogP contribution is -2.60. The first-order valence-electron chi connectivity index (χ1n) is 7.49. The molecule has 1 saturated heterocycles. The van der Waals surface area contributed by atoms with Gasteiger partial charge in [0.25, 0.3) is 5.91 Å². The molecule has 0 bridgehead atoms. The van der Waals surface area contributed by atoms with Crippen LogP contribution < -0.4 is 0 Å². The number of hydrogen-bond acceptors (Lipinski definition) is 3. The van der Waals surface area contributed by atoms with E-state index in [1.807, 2.05) is 7.05 Å². The standard InChI is InChI=1S/C16H28N2O2/c1-14(2,3)11-8-9-18(7)13(19)16(11)10-12(17-20-16)15(4,5)6/h11H,8-10H2,1-7H3. The van der Waals surface area contributed by atoms with Crippen molar-refractivity contribution in [3.63, 3.8) is 0 Å². The van der Waals surface area contributed by atoms with E-state index in [-0.39, 0.29) is 22.7 Å². The van der Waals surface area contributed by atoms with Gasteiger partial charge >= 0.3 is 0 Å². The lowest BCUT2D eigenvalue weighted by Gasteiger charge is -2.47. The average Bonchev–Trinajstić information content (AvgIpc) is 2.70. The summed E-state index contributed by atoms with van der Waals surface area (Å²) in [5.41, 5.74) is 0.186. The topological polar surface area (TPSA) is 41.9 Å². The fraction of sp³-hybridized carbons (Fsp3) is 0.875. The van der Waals surface area contributed by atoms with Crippen LogP contribution in [0.3, 0.4) is 0 Å². The molecule has 2 aliphatic heterocycles. The largest absolute Gasteiger partial charge is 0.378 e. The maximum absolute atomic E-state index is 12.8. The number of likely N-dealkylation sites (tertiary alicyclic amines) is 1. The molecular weight excluding hydrogens is 252 g/mol. The van der Waals surface area contributed by atoms with Crippen LogP contribution in [0.4, 0.5) is 0 Å². The Labute approximate surface area is 122 Å². The van der Waals surface area contributed by atoms with Crippen molar-refractivity contribution in [3.8, 4) is 0 Å². The van der Waals surface area contributed by atoms with Gasteiger partial charge in [0.15, 0.2) is 0 Å². The summed E-state index contributed by atoms with van der Waals surface area (Å²) in [5.74, 6) is 0.286. The van der Waals surface area contributed by atoms with E-state index < -0.39 is 5.60 Å². The molecule has 4 heteroatoms. The summed E-state index contributed by atoms with van der Waals surface area (Å²) < 4.78 is 0. The van der Waals surface area contributed by atoms with Crippen molar-refractivity contribution in [3.05, 3.63) is 0 Å². The summed E-state index contributed by atoms with van der Waals surface area (Å²) in [6.45, 7) is 13.7. The normalized spacial score (nSPS) is 31.6. The Morgan fingerprint density at radius 3 is 2.30 bits per heavy atom. The second-order valence-corrected chi connectivity index (χ2v) is 8.38. The molecular formula is C16H28N2O2. The molecule has 2 heterocycles. The van der Waals surface area contributed by atoms with Crippen molar-refractivity contribution in [1.29, 1.82) is 0 Å². The number of nitrogens with zero attached hydrogens (tertiary/aromatic N) is 2. The number of likely N-dealkylation sites (N-methyl/N-ethyl adjacent to an activating group) is 1. The zero-order chi connectivity index (χ0) is 15.3. The van der Waals surface area contributed by atoms with Crippen LogP contribution in [-0.4, -0.2) is 35.7 Å². The Hall–Kier alpha value is -1.06. The highest BCUT2D eigenvalue weighted by Gasteiger charge is 2.59. The van der Waals surface area contributed by atoms with E-state index in [2.05, 4.69) is 46.7 Å². The van der Waals surface area contributed by atoms with Gasteiger partial charge in [-0.2, -0.15) is 0 Å². The number of piperidine rings is 1. The maximum atomic E-state index is 12.8. The van der Waals surface area contributed by atoms with Gasteiger partial charge in [-0.15, -0.1) is 0 Å². The smallest absolute Gasteiger partial charge is 0.270 e. The summed E-state index contributed by atoms with van der Waals surface area (Å²) in [4.78, 5) is 20.4. The second kappa shape index (κ2) is 4.47. The monoisotopic (exact) mass is 280 g/mol. The Kier molecular flexibility index (Phi) is 3.43. The van der Waals surface area contributed by atoms with Gasteiger partial charge in [0.05, 0.1) is 5.71 Å². The highest BCUT2D eigenvalue weighted by molar-refractivity contribution is 5.98. The molecule has 1 fully saturated rings. The Bertz CT molecular complexity index is 442. The number of rotatable bonds is 0. The predicted octanol–water partition coefficient (Wildman–Crippen LogP) is 3.07. The summed E-state index contributed by atoms with van der Waals surface area (Å²) in [7, 11) is 1.86. The van der Waals surface area contributed by atoms with Crippen molar-refractivity contribution in [1.82, 2.24) is 4.90 Å². The van der Waals surface area contributed by atoms with Crippen molar-refractivity contribution < 1.29 is 9.63 Å². The minimum Gasteiger partial charge on any atom is -0.378 e.